The summed E-state index contributed by atoms with van der Waals surface area (Å²) < 4.78 is 0. The summed E-state index contributed by atoms with van der Waals surface area (Å²) in [6, 6.07) is 9.70. The van der Waals surface area contributed by atoms with Gasteiger partial charge in [0.2, 0.25) is 5.91 Å². The molecule has 2 aliphatic rings. The van der Waals surface area contributed by atoms with Gasteiger partial charge in [-0.3, -0.25) is 9.59 Å². The van der Waals surface area contributed by atoms with Crippen molar-refractivity contribution in [2.45, 2.75) is 26.3 Å². The Morgan fingerprint density at radius 2 is 1.92 bits per heavy atom. The molecular weight excluding hydrogens is 328 g/mol. The molecule has 6 nitrogen and oxygen atoms in total. The van der Waals surface area contributed by atoms with Gasteiger partial charge in [0, 0.05) is 45.0 Å². The van der Waals surface area contributed by atoms with Gasteiger partial charge in [-0.2, -0.15) is 0 Å². The maximum Gasteiger partial charge on any atom is 0.255 e. The number of anilines is 2. The molecule has 26 heavy (non-hydrogen) atoms. The molecule has 4 rings (SSSR count). The summed E-state index contributed by atoms with van der Waals surface area (Å²) in [5.41, 5.74) is 3.71. The van der Waals surface area contributed by atoms with E-state index in [-0.39, 0.29) is 11.8 Å². The monoisotopic (exact) mass is 350 g/mol. The average molecular weight is 350 g/mol. The van der Waals surface area contributed by atoms with E-state index in [0.717, 1.165) is 36.6 Å². The summed E-state index contributed by atoms with van der Waals surface area (Å²) in [5, 5.41) is 2.80. The second-order valence-electron chi connectivity index (χ2n) is 6.89. The molecule has 1 aromatic heterocycles. The maximum absolute atomic E-state index is 12.8. The number of nitrogens with zero attached hydrogens (tertiary/aromatic N) is 3. The van der Waals surface area contributed by atoms with Crippen LogP contribution in [0.4, 0.5) is 11.5 Å². The number of pyridine rings is 1. The molecule has 0 saturated carbocycles. The molecule has 1 aromatic carbocycles. The highest BCUT2D eigenvalue weighted by Gasteiger charge is 2.23. The number of amides is 2. The minimum atomic E-state index is -0.0953. The first-order valence-electron chi connectivity index (χ1n) is 9.00. The Labute approximate surface area is 152 Å². The first kappa shape index (κ1) is 16.6. The molecule has 2 aromatic rings. The molecular formula is C20H22N4O2. The van der Waals surface area contributed by atoms with E-state index < -0.39 is 0 Å². The Bertz CT molecular complexity index is 843. The molecule has 0 spiro atoms. The third-order valence-corrected chi connectivity index (χ3v) is 5.00. The first-order valence-corrected chi connectivity index (χ1v) is 9.00. The van der Waals surface area contributed by atoms with Crippen LogP contribution in [0.25, 0.3) is 0 Å². The van der Waals surface area contributed by atoms with Crippen molar-refractivity contribution >= 4 is 23.3 Å². The van der Waals surface area contributed by atoms with Crippen LogP contribution >= 0.6 is 0 Å². The van der Waals surface area contributed by atoms with Gasteiger partial charge in [-0.15, -0.1) is 0 Å². The highest BCUT2D eigenvalue weighted by molar-refractivity contribution is 5.94. The number of nitrogens with one attached hydrogen (secondary N) is 1. The summed E-state index contributed by atoms with van der Waals surface area (Å²) in [6.45, 7) is 4.82. The van der Waals surface area contributed by atoms with Gasteiger partial charge in [0.1, 0.15) is 5.82 Å². The van der Waals surface area contributed by atoms with E-state index in [1.807, 2.05) is 35.2 Å². The molecule has 2 amide bonds. The zero-order chi connectivity index (χ0) is 18.1. The third kappa shape index (κ3) is 3.27. The van der Waals surface area contributed by atoms with E-state index in [1.165, 1.54) is 18.9 Å². The molecule has 1 saturated heterocycles. The summed E-state index contributed by atoms with van der Waals surface area (Å²) in [4.78, 5) is 32.6. The molecule has 6 heteroatoms. The standard InChI is InChI=1S/C20H22N4O2/c1-14(25)22-18-5-3-15-7-10-24(13-17(15)11-18)20(26)16-4-6-19(21-12-16)23-8-2-9-23/h3-6,11-12H,2,7-10,13H2,1H3,(H,22,25). The van der Waals surface area contributed by atoms with E-state index in [9.17, 15) is 9.59 Å². The molecule has 134 valence electrons. The Hall–Kier alpha value is -2.89. The molecule has 0 bridgehead atoms. The second kappa shape index (κ2) is 6.78. The quantitative estimate of drug-likeness (QED) is 0.923. The van der Waals surface area contributed by atoms with E-state index in [4.69, 9.17) is 0 Å². The number of fused-ring (bicyclic) bond motifs is 1. The van der Waals surface area contributed by atoms with Crippen molar-refractivity contribution in [1.29, 1.82) is 0 Å². The zero-order valence-electron chi connectivity index (χ0n) is 14.9. The van der Waals surface area contributed by atoms with Crippen LogP contribution in [0.2, 0.25) is 0 Å². The first-order chi connectivity index (χ1) is 12.6. The van der Waals surface area contributed by atoms with Gasteiger partial charge in [-0.1, -0.05) is 6.07 Å². The van der Waals surface area contributed by atoms with E-state index >= 15 is 0 Å². The Morgan fingerprint density at radius 1 is 1.08 bits per heavy atom. The molecule has 0 radical (unpaired) electrons. The van der Waals surface area contributed by atoms with Crippen LogP contribution in [0.3, 0.4) is 0 Å². The lowest BCUT2D eigenvalue weighted by Gasteiger charge is -2.32. The van der Waals surface area contributed by atoms with E-state index in [0.29, 0.717) is 18.7 Å². The van der Waals surface area contributed by atoms with Gasteiger partial charge in [-0.05, 0) is 48.2 Å². The van der Waals surface area contributed by atoms with Gasteiger partial charge in [0.05, 0.1) is 5.56 Å². The van der Waals surface area contributed by atoms with Gasteiger partial charge < -0.3 is 15.1 Å². The number of aromatic nitrogens is 1. The largest absolute Gasteiger partial charge is 0.356 e. The average Bonchev–Trinajstić information content (AvgIpc) is 2.59. The lowest BCUT2D eigenvalue weighted by molar-refractivity contribution is -0.114. The lowest BCUT2D eigenvalue weighted by Crippen LogP contribution is -2.38. The SMILES string of the molecule is CC(=O)Nc1ccc2c(c1)CN(C(=O)c1ccc(N3CCC3)nc1)CC2. The van der Waals surface area contributed by atoms with Crippen LogP contribution in [0, 0.1) is 0 Å². The fourth-order valence-electron chi connectivity index (χ4n) is 3.44. The van der Waals surface area contributed by atoms with Crippen molar-refractivity contribution in [1.82, 2.24) is 9.88 Å². The third-order valence-electron chi connectivity index (χ3n) is 5.00. The smallest absolute Gasteiger partial charge is 0.255 e. The number of rotatable bonds is 3. The minimum Gasteiger partial charge on any atom is -0.356 e. The highest BCUT2D eigenvalue weighted by atomic mass is 16.2. The van der Waals surface area contributed by atoms with Crippen molar-refractivity contribution in [3.8, 4) is 0 Å². The number of carbonyl (C=O) groups excluding carboxylic acids is 2. The van der Waals surface area contributed by atoms with Crippen molar-refractivity contribution < 1.29 is 9.59 Å². The molecule has 0 atom stereocenters. The number of hydrogen-bond donors (Lipinski definition) is 1. The predicted molar refractivity (Wildman–Crippen MR) is 100 cm³/mol. The minimum absolute atomic E-state index is 0.00300. The van der Waals surface area contributed by atoms with Crippen LogP contribution in [-0.2, 0) is 17.8 Å². The Balaban J connectivity index is 1.48. The van der Waals surface area contributed by atoms with Crippen LogP contribution in [-0.4, -0.2) is 41.3 Å². The molecule has 1 fully saturated rings. The molecule has 0 unspecified atom stereocenters. The van der Waals surface area contributed by atoms with Crippen LogP contribution in [0.15, 0.2) is 36.5 Å². The number of hydrogen-bond acceptors (Lipinski definition) is 4. The molecule has 2 aliphatic heterocycles. The fourth-order valence-corrected chi connectivity index (χ4v) is 3.44. The topological polar surface area (TPSA) is 65.5 Å². The number of benzene rings is 1. The fraction of sp³-hybridized carbons (Fsp3) is 0.350. The van der Waals surface area contributed by atoms with Crippen LogP contribution < -0.4 is 10.2 Å². The molecule has 0 aliphatic carbocycles. The van der Waals surface area contributed by atoms with E-state index in [1.54, 1.807) is 6.20 Å². The van der Waals surface area contributed by atoms with Crippen molar-refractivity contribution in [2.75, 3.05) is 29.9 Å². The van der Waals surface area contributed by atoms with Crippen molar-refractivity contribution in [3.05, 3.63) is 53.2 Å². The zero-order valence-corrected chi connectivity index (χ0v) is 14.9. The Morgan fingerprint density at radius 3 is 2.58 bits per heavy atom. The lowest BCUT2D eigenvalue weighted by atomic mass is 9.98. The Kier molecular flexibility index (Phi) is 4.32. The number of carbonyl (C=O) groups is 2. The summed E-state index contributed by atoms with van der Waals surface area (Å²) >= 11 is 0. The normalized spacial score (nSPS) is 15.9. The molecule has 1 N–H and O–H groups in total. The summed E-state index contributed by atoms with van der Waals surface area (Å²) in [6.07, 6.45) is 3.70. The van der Waals surface area contributed by atoms with Gasteiger partial charge in [0.15, 0.2) is 0 Å². The summed E-state index contributed by atoms with van der Waals surface area (Å²) in [7, 11) is 0. The van der Waals surface area contributed by atoms with Gasteiger partial charge >= 0.3 is 0 Å². The van der Waals surface area contributed by atoms with Crippen molar-refractivity contribution in [3.63, 3.8) is 0 Å². The maximum atomic E-state index is 12.8. The van der Waals surface area contributed by atoms with Gasteiger partial charge in [-0.25, -0.2) is 4.98 Å². The highest BCUT2D eigenvalue weighted by Crippen LogP contribution is 2.24. The van der Waals surface area contributed by atoms with Crippen LogP contribution in [0.5, 0.6) is 0 Å². The van der Waals surface area contributed by atoms with E-state index in [2.05, 4.69) is 15.2 Å². The molecule has 3 heterocycles. The summed E-state index contributed by atoms with van der Waals surface area (Å²) in [5.74, 6) is 0.849. The van der Waals surface area contributed by atoms with Crippen LogP contribution in [0.1, 0.15) is 34.8 Å². The van der Waals surface area contributed by atoms with Crippen molar-refractivity contribution in [2.24, 2.45) is 0 Å². The van der Waals surface area contributed by atoms with Gasteiger partial charge in [0.25, 0.3) is 5.91 Å². The second-order valence-corrected chi connectivity index (χ2v) is 6.89. The predicted octanol–water partition coefficient (Wildman–Crippen LogP) is 2.45.